The summed E-state index contributed by atoms with van der Waals surface area (Å²) in [5, 5.41) is 9.08. The lowest BCUT2D eigenvalue weighted by molar-refractivity contribution is 0.0696. The number of carboxylic acids is 1. The van der Waals surface area contributed by atoms with Gasteiger partial charge in [-0.3, -0.25) is 0 Å². The van der Waals surface area contributed by atoms with Gasteiger partial charge in [0.1, 0.15) is 12.4 Å². The van der Waals surface area contributed by atoms with E-state index in [2.05, 4.69) is 0 Å². The van der Waals surface area contributed by atoms with Crippen LogP contribution in [0.1, 0.15) is 15.9 Å². The smallest absolute Gasteiger partial charge is 0.337 e. The van der Waals surface area contributed by atoms with Crippen LogP contribution in [0.4, 0.5) is 0 Å². The Morgan fingerprint density at radius 2 is 2.24 bits per heavy atom. The van der Waals surface area contributed by atoms with Crippen molar-refractivity contribution in [1.82, 2.24) is 0 Å². The third-order valence-electron chi connectivity index (χ3n) is 2.15. The lowest BCUT2D eigenvalue weighted by Gasteiger charge is -2.06. The maximum absolute atomic E-state index is 10.9. The Hall–Kier alpha value is -1.94. The minimum Gasteiger partial charge on any atom is -0.489 e. The fraction of sp³-hybridized carbons (Fsp3) is 0.0833. The van der Waals surface area contributed by atoms with E-state index in [-0.39, 0.29) is 10.6 Å². The first-order valence-electron chi connectivity index (χ1n) is 4.83. The van der Waals surface area contributed by atoms with Crippen LogP contribution >= 0.6 is 11.6 Å². The molecule has 2 aromatic rings. The number of hydrogen-bond acceptors (Lipinski definition) is 3. The highest BCUT2D eigenvalue weighted by atomic mass is 35.5. The van der Waals surface area contributed by atoms with Crippen molar-refractivity contribution in [3.63, 3.8) is 0 Å². The van der Waals surface area contributed by atoms with Crippen LogP contribution in [0, 0.1) is 0 Å². The summed E-state index contributed by atoms with van der Waals surface area (Å²) in [6.07, 6.45) is 3.11. The molecule has 1 aromatic heterocycles. The zero-order valence-electron chi connectivity index (χ0n) is 8.72. The van der Waals surface area contributed by atoms with Crippen LogP contribution < -0.4 is 4.74 Å². The van der Waals surface area contributed by atoms with Gasteiger partial charge in [0.05, 0.1) is 23.1 Å². The van der Waals surface area contributed by atoms with Crippen molar-refractivity contribution in [2.24, 2.45) is 0 Å². The summed E-state index contributed by atoms with van der Waals surface area (Å²) in [6, 6.07) is 6.28. The summed E-state index contributed by atoms with van der Waals surface area (Å²) in [6.45, 7) is 0.317. The first kappa shape index (κ1) is 11.5. The molecule has 0 saturated heterocycles. The molecule has 0 radical (unpaired) electrons. The van der Waals surface area contributed by atoms with Crippen LogP contribution in [-0.2, 0) is 6.61 Å². The molecule has 0 fully saturated rings. The normalized spacial score (nSPS) is 10.2. The summed E-state index contributed by atoms with van der Waals surface area (Å²) < 4.78 is 10.3. The Bertz CT molecular complexity index is 519. The van der Waals surface area contributed by atoms with Gasteiger partial charge in [-0.1, -0.05) is 11.6 Å². The Morgan fingerprint density at radius 1 is 1.41 bits per heavy atom. The van der Waals surface area contributed by atoms with Gasteiger partial charge in [-0.05, 0) is 24.3 Å². The van der Waals surface area contributed by atoms with Gasteiger partial charge >= 0.3 is 5.97 Å². The molecule has 0 unspecified atom stereocenters. The van der Waals surface area contributed by atoms with E-state index in [4.69, 9.17) is 25.9 Å². The molecule has 0 atom stereocenters. The topological polar surface area (TPSA) is 59.7 Å². The molecule has 1 N–H and O–H groups in total. The molecule has 0 aliphatic carbocycles. The zero-order chi connectivity index (χ0) is 12.3. The summed E-state index contributed by atoms with van der Waals surface area (Å²) in [5.41, 5.74) is 0.896. The van der Waals surface area contributed by atoms with Gasteiger partial charge in [0.15, 0.2) is 0 Å². The molecular weight excluding hydrogens is 244 g/mol. The van der Waals surface area contributed by atoms with Crippen LogP contribution in [0.15, 0.2) is 41.2 Å². The fourth-order valence-electron chi connectivity index (χ4n) is 1.30. The van der Waals surface area contributed by atoms with Crippen molar-refractivity contribution >= 4 is 17.6 Å². The van der Waals surface area contributed by atoms with Crippen LogP contribution in [0.5, 0.6) is 5.75 Å². The van der Waals surface area contributed by atoms with Crippen molar-refractivity contribution in [1.29, 1.82) is 0 Å². The van der Waals surface area contributed by atoms with Crippen LogP contribution in [0.3, 0.4) is 0 Å². The Morgan fingerprint density at radius 3 is 2.88 bits per heavy atom. The highest BCUT2D eigenvalue weighted by Gasteiger charge is 2.10. The SMILES string of the molecule is O=C(O)c1cc(OCc2ccoc2)ccc1Cl. The third-order valence-corrected chi connectivity index (χ3v) is 2.48. The molecule has 5 heteroatoms. The Labute approximate surface area is 102 Å². The Balaban J connectivity index is 2.11. The third kappa shape index (κ3) is 2.79. The van der Waals surface area contributed by atoms with Gasteiger partial charge in [-0.2, -0.15) is 0 Å². The molecular formula is C12H9ClO4. The molecule has 0 amide bonds. The number of ether oxygens (including phenoxy) is 1. The largest absolute Gasteiger partial charge is 0.489 e. The Kier molecular flexibility index (Phi) is 3.35. The van der Waals surface area contributed by atoms with Crippen molar-refractivity contribution in [3.8, 4) is 5.75 Å². The predicted molar refractivity (Wildman–Crippen MR) is 61.5 cm³/mol. The average molecular weight is 253 g/mol. The summed E-state index contributed by atoms with van der Waals surface area (Å²) >= 11 is 5.74. The minimum atomic E-state index is -1.08. The van der Waals surface area contributed by atoms with E-state index in [0.29, 0.717) is 12.4 Å². The lowest BCUT2D eigenvalue weighted by atomic mass is 10.2. The maximum Gasteiger partial charge on any atom is 0.337 e. The van der Waals surface area contributed by atoms with Gasteiger partial charge in [0.25, 0.3) is 0 Å². The number of halogens is 1. The van der Waals surface area contributed by atoms with E-state index in [9.17, 15) is 4.79 Å². The molecule has 0 saturated carbocycles. The highest BCUT2D eigenvalue weighted by molar-refractivity contribution is 6.33. The van der Waals surface area contributed by atoms with Gasteiger partial charge < -0.3 is 14.3 Å². The molecule has 0 spiro atoms. The number of furan rings is 1. The molecule has 88 valence electrons. The van der Waals surface area contributed by atoms with E-state index < -0.39 is 5.97 Å². The van der Waals surface area contributed by atoms with Crippen LogP contribution in [0.25, 0.3) is 0 Å². The molecule has 0 aliphatic heterocycles. The quantitative estimate of drug-likeness (QED) is 0.908. The van der Waals surface area contributed by atoms with Gasteiger partial charge in [0, 0.05) is 5.56 Å². The standard InChI is InChI=1S/C12H9ClO4/c13-11-2-1-9(5-10(11)12(14)15)17-7-8-3-4-16-6-8/h1-6H,7H2,(H,14,15). The molecule has 2 rings (SSSR count). The monoisotopic (exact) mass is 252 g/mol. The van der Waals surface area contributed by atoms with E-state index in [1.54, 1.807) is 24.7 Å². The molecule has 1 heterocycles. The van der Waals surface area contributed by atoms with Crippen molar-refractivity contribution < 1.29 is 19.1 Å². The number of carbonyl (C=O) groups is 1. The van der Waals surface area contributed by atoms with Crippen LogP contribution in [-0.4, -0.2) is 11.1 Å². The minimum absolute atomic E-state index is 0.0244. The number of benzene rings is 1. The van der Waals surface area contributed by atoms with Crippen molar-refractivity contribution in [2.75, 3.05) is 0 Å². The van der Waals surface area contributed by atoms with Crippen LogP contribution in [0.2, 0.25) is 5.02 Å². The first-order valence-corrected chi connectivity index (χ1v) is 5.21. The fourth-order valence-corrected chi connectivity index (χ4v) is 1.50. The second-order valence-electron chi connectivity index (χ2n) is 3.37. The zero-order valence-corrected chi connectivity index (χ0v) is 9.48. The van der Waals surface area contributed by atoms with E-state index in [1.807, 2.05) is 0 Å². The molecule has 0 aliphatic rings. The molecule has 4 nitrogen and oxygen atoms in total. The number of hydrogen-bond donors (Lipinski definition) is 1. The van der Waals surface area contributed by atoms with Crippen molar-refractivity contribution in [3.05, 3.63) is 52.9 Å². The summed E-state index contributed by atoms with van der Waals surface area (Å²) in [4.78, 5) is 10.9. The van der Waals surface area contributed by atoms with E-state index >= 15 is 0 Å². The van der Waals surface area contributed by atoms with Gasteiger partial charge in [-0.15, -0.1) is 0 Å². The van der Waals surface area contributed by atoms with Crippen molar-refractivity contribution in [2.45, 2.75) is 6.61 Å². The second kappa shape index (κ2) is 4.93. The molecule has 17 heavy (non-hydrogen) atoms. The highest BCUT2D eigenvalue weighted by Crippen LogP contribution is 2.22. The lowest BCUT2D eigenvalue weighted by Crippen LogP contribution is -1.99. The maximum atomic E-state index is 10.9. The molecule has 0 bridgehead atoms. The summed E-state index contributed by atoms with van der Waals surface area (Å²) in [7, 11) is 0. The average Bonchev–Trinajstić information content (AvgIpc) is 2.80. The number of rotatable bonds is 4. The summed E-state index contributed by atoms with van der Waals surface area (Å²) in [5.74, 6) is -0.628. The van der Waals surface area contributed by atoms with Gasteiger partial charge in [0.2, 0.25) is 0 Å². The number of aromatic carboxylic acids is 1. The second-order valence-corrected chi connectivity index (χ2v) is 3.77. The first-order chi connectivity index (χ1) is 8.16. The predicted octanol–water partition coefficient (Wildman–Crippen LogP) is 3.21. The van der Waals surface area contributed by atoms with E-state index in [1.165, 1.54) is 12.1 Å². The van der Waals surface area contributed by atoms with E-state index in [0.717, 1.165) is 5.56 Å². The molecule has 1 aromatic carbocycles. The van der Waals surface area contributed by atoms with Gasteiger partial charge in [-0.25, -0.2) is 4.79 Å². The number of carboxylic acid groups (broad SMARTS) is 1.